The summed E-state index contributed by atoms with van der Waals surface area (Å²) in [7, 11) is 0. The fourth-order valence-electron chi connectivity index (χ4n) is 1.27. The Hall–Kier alpha value is -1.22. The maximum atomic E-state index is 8.86. The van der Waals surface area contributed by atoms with Crippen molar-refractivity contribution in [3.05, 3.63) is 34.9 Å². The molecule has 3 nitrogen and oxygen atoms in total. The van der Waals surface area contributed by atoms with E-state index in [0.717, 1.165) is 11.1 Å². The molecule has 78 valence electrons. The highest BCUT2D eigenvalue weighted by Gasteiger charge is 2.05. The third-order valence-corrected chi connectivity index (χ3v) is 3.14. The summed E-state index contributed by atoms with van der Waals surface area (Å²) in [6.07, 6.45) is 0. The predicted octanol–water partition coefficient (Wildman–Crippen LogP) is 2.45. The lowest BCUT2D eigenvalue weighted by molar-refractivity contribution is 0.319. The molecule has 0 radical (unpaired) electrons. The van der Waals surface area contributed by atoms with E-state index in [0.29, 0.717) is 15.7 Å². The van der Waals surface area contributed by atoms with E-state index in [1.165, 1.54) is 0 Å². The first-order valence-corrected chi connectivity index (χ1v) is 7.32. The zero-order chi connectivity index (χ0) is 11.3. The van der Waals surface area contributed by atoms with Crippen LogP contribution in [0, 0.1) is 18.3 Å². The number of benzene rings is 1. The summed E-state index contributed by atoms with van der Waals surface area (Å²) in [5.74, 6) is 0. The van der Waals surface area contributed by atoms with Gasteiger partial charge in [0, 0.05) is 9.99 Å². The molecule has 0 aliphatic carbocycles. The van der Waals surface area contributed by atoms with Gasteiger partial charge in [0.2, 0.25) is 0 Å². The van der Waals surface area contributed by atoms with Gasteiger partial charge in [0.05, 0.1) is 17.3 Å². The van der Waals surface area contributed by atoms with E-state index < -0.39 is 0 Å². The monoisotopic (exact) mass is 314 g/mol. The number of hydrogen-bond acceptors (Lipinski definition) is 3. The molecular weight excluding hydrogens is 303 g/mol. The lowest BCUT2D eigenvalue weighted by atomic mass is 10.0. The van der Waals surface area contributed by atoms with Crippen LogP contribution in [0.2, 0.25) is 0 Å². The molecule has 0 aliphatic rings. The first-order valence-electron chi connectivity index (χ1n) is 4.27. The zero-order valence-corrected chi connectivity index (χ0v) is 10.5. The van der Waals surface area contributed by atoms with E-state index in [1.54, 1.807) is 12.1 Å². The Kier molecular flexibility index (Phi) is 4.43. The van der Waals surface area contributed by atoms with Gasteiger partial charge in [-0.15, -0.1) is 20.7 Å². The average molecular weight is 314 g/mol. The van der Waals surface area contributed by atoms with Crippen molar-refractivity contribution in [1.82, 2.24) is 0 Å². The van der Waals surface area contributed by atoms with E-state index in [1.807, 2.05) is 13.0 Å². The van der Waals surface area contributed by atoms with Crippen LogP contribution in [0.5, 0.6) is 0 Å². The predicted molar refractivity (Wildman–Crippen MR) is 70.2 cm³/mol. The summed E-state index contributed by atoms with van der Waals surface area (Å²) in [5, 5.41) is 20.9. The maximum absolute atomic E-state index is 8.86. The molecule has 0 atom stereocenters. The maximum Gasteiger partial charge on any atom is 0.0991 e. The molecular formula is C11H11IN2O. The Morgan fingerprint density at radius 1 is 1.60 bits per heavy atom. The molecule has 0 amide bonds. The first-order chi connectivity index (χ1) is 7.21. The SMILES string of the molecule is C=IC/C(=N\O)c1cc(C)cc(C#N)c1. The molecule has 0 bridgehead atoms. The van der Waals surface area contributed by atoms with Crippen LogP contribution >= 0.6 is 20.7 Å². The molecule has 4 heteroatoms. The molecule has 1 rings (SSSR count). The lowest BCUT2D eigenvalue weighted by Gasteiger charge is -2.03. The molecule has 0 spiro atoms. The van der Waals surface area contributed by atoms with E-state index in [2.05, 4.69) is 15.7 Å². The minimum atomic E-state index is -0.213. The lowest BCUT2D eigenvalue weighted by Crippen LogP contribution is -2.03. The van der Waals surface area contributed by atoms with E-state index in [9.17, 15) is 0 Å². The number of halogens is 1. The molecule has 0 heterocycles. The molecule has 1 aromatic carbocycles. The third-order valence-electron chi connectivity index (χ3n) is 1.88. The van der Waals surface area contributed by atoms with Gasteiger partial charge in [-0.3, -0.25) is 0 Å². The molecule has 1 N–H and O–H groups in total. The van der Waals surface area contributed by atoms with Crippen LogP contribution in [0.15, 0.2) is 23.4 Å². The van der Waals surface area contributed by atoms with Crippen LogP contribution in [0.25, 0.3) is 0 Å². The largest absolute Gasteiger partial charge is 0.411 e. The Bertz CT molecular complexity index is 446. The number of alkyl halides is 1. The minimum absolute atomic E-state index is 0.213. The number of hydrogen-bond donors (Lipinski definition) is 1. The number of nitriles is 1. The van der Waals surface area contributed by atoms with Crippen LogP contribution in [-0.4, -0.2) is 19.9 Å². The fourth-order valence-corrected chi connectivity index (χ4v) is 2.37. The first kappa shape index (κ1) is 11.9. The summed E-state index contributed by atoms with van der Waals surface area (Å²) in [5.41, 5.74) is 3.02. The van der Waals surface area contributed by atoms with Crippen molar-refractivity contribution in [2.45, 2.75) is 6.92 Å². The number of oxime groups is 1. The summed E-state index contributed by atoms with van der Waals surface area (Å²) < 4.78 is 4.53. The Labute approximate surface area is 98.8 Å². The van der Waals surface area contributed by atoms with Gasteiger partial charge in [0.15, 0.2) is 0 Å². The van der Waals surface area contributed by atoms with Gasteiger partial charge in [-0.05, 0) is 30.7 Å². The molecule has 0 saturated carbocycles. The summed E-state index contributed by atoms with van der Waals surface area (Å²) >= 11 is -0.213. The second-order valence-corrected chi connectivity index (χ2v) is 4.91. The summed E-state index contributed by atoms with van der Waals surface area (Å²) in [6.45, 7) is 1.92. The fraction of sp³-hybridized carbons (Fsp3) is 0.182. The van der Waals surface area contributed by atoms with E-state index in [4.69, 9.17) is 10.5 Å². The third kappa shape index (κ3) is 3.13. The second-order valence-electron chi connectivity index (χ2n) is 3.07. The summed E-state index contributed by atoms with van der Waals surface area (Å²) in [4.78, 5) is 0. The van der Waals surface area contributed by atoms with Crippen LogP contribution in [0.3, 0.4) is 0 Å². The quantitative estimate of drug-likeness (QED) is 0.306. The molecule has 0 saturated heterocycles. The molecule has 0 fully saturated rings. The van der Waals surface area contributed by atoms with Crippen molar-refractivity contribution in [2.24, 2.45) is 5.16 Å². The minimum Gasteiger partial charge on any atom is -0.411 e. The number of nitrogens with zero attached hydrogens (tertiary/aromatic N) is 2. The second kappa shape index (κ2) is 5.61. The van der Waals surface area contributed by atoms with Crippen LogP contribution < -0.4 is 0 Å². The smallest absolute Gasteiger partial charge is 0.0991 e. The zero-order valence-electron chi connectivity index (χ0n) is 8.37. The normalized spacial score (nSPS) is 11.1. The molecule has 15 heavy (non-hydrogen) atoms. The van der Waals surface area contributed by atoms with Gasteiger partial charge in [-0.1, -0.05) is 9.67 Å². The average Bonchev–Trinajstić information content (AvgIpc) is 2.24. The van der Waals surface area contributed by atoms with Crippen molar-refractivity contribution in [1.29, 1.82) is 5.26 Å². The van der Waals surface area contributed by atoms with Gasteiger partial charge in [-0.25, -0.2) is 0 Å². The molecule has 1 aromatic rings. The van der Waals surface area contributed by atoms with E-state index in [-0.39, 0.29) is 20.7 Å². The van der Waals surface area contributed by atoms with Crippen molar-refractivity contribution in [3.8, 4) is 6.07 Å². The molecule has 0 aromatic heterocycles. The van der Waals surface area contributed by atoms with Crippen LogP contribution in [0.4, 0.5) is 0 Å². The van der Waals surface area contributed by atoms with Gasteiger partial charge in [-0.2, -0.15) is 5.26 Å². The molecule has 0 unspecified atom stereocenters. The van der Waals surface area contributed by atoms with Gasteiger partial charge >= 0.3 is 0 Å². The topological polar surface area (TPSA) is 56.4 Å². The Morgan fingerprint density at radius 2 is 2.33 bits per heavy atom. The van der Waals surface area contributed by atoms with Crippen LogP contribution in [0.1, 0.15) is 16.7 Å². The summed E-state index contributed by atoms with van der Waals surface area (Å²) in [6, 6.07) is 7.54. The highest BCUT2D eigenvalue weighted by molar-refractivity contribution is 14.2. The Morgan fingerprint density at radius 3 is 2.87 bits per heavy atom. The van der Waals surface area contributed by atoms with Crippen LogP contribution in [-0.2, 0) is 0 Å². The van der Waals surface area contributed by atoms with Crippen molar-refractivity contribution in [3.63, 3.8) is 0 Å². The standard InChI is InChI=1S/C11H11IN2O/c1-8-3-9(7-13)5-10(4-8)11(14-15)6-12-2/h3-5,15H,2,6H2,1H3/b14-11+. The highest BCUT2D eigenvalue weighted by atomic mass is 127. The van der Waals surface area contributed by atoms with Crippen molar-refractivity contribution < 1.29 is 5.21 Å². The van der Waals surface area contributed by atoms with Crippen molar-refractivity contribution >= 4 is 31.0 Å². The van der Waals surface area contributed by atoms with Gasteiger partial charge < -0.3 is 5.21 Å². The van der Waals surface area contributed by atoms with Crippen molar-refractivity contribution in [2.75, 3.05) is 4.43 Å². The van der Waals surface area contributed by atoms with E-state index >= 15 is 0 Å². The highest BCUT2D eigenvalue weighted by Crippen LogP contribution is 2.12. The van der Waals surface area contributed by atoms with Gasteiger partial charge in [0.25, 0.3) is 0 Å². The Balaban J connectivity index is 3.19. The number of aryl methyl sites for hydroxylation is 1. The van der Waals surface area contributed by atoms with Gasteiger partial charge in [0.1, 0.15) is 0 Å². The number of rotatable bonds is 3. The molecule has 0 aliphatic heterocycles.